The molecule has 24 rings (SSSR count). The monoisotopic (exact) mass is 1600 g/mol. The van der Waals surface area contributed by atoms with Gasteiger partial charge in [-0.3, -0.25) is 0 Å². The zero-order valence-corrected chi connectivity index (χ0v) is 69.7. The second-order valence-electron chi connectivity index (χ2n) is 29.4. The minimum atomic E-state index is 0.772. The van der Waals surface area contributed by atoms with Gasteiger partial charge in [0.2, 0.25) is 0 Å². The predicted molar refractivity (Wildman–Crippen MR) is 497 cm³/mol. The van der Waals surface area contributed by atoms with Gasteiger partial charge in [-0.1, -0.05) is 302 Å². The topological polar surface area (TPSA) is 51.7 Å². The van der Waals surface area contributed by atoms with Gasteiger partial charge in [0.1, 0.15) is 0 Å². The third-order valence-corrected chi connectivity index (χ3v) is 26.8. The molecule has 0 unspecified atom stereocenters. The van der Waals surface area contributed by atoms with Gasteiger partial charge in [0.25, 0.3) is 0 Å². The Hall–Kier alpha value is -13.0. The van der Waals surface area contributed by atoms with E-state index < -0.39 is 0 Å². The molecule has 0 radical (unpaired) electrons. The molecule has 0 spiro atoms. The van der Waals surface area contributed by atoms with Crippen molar-refractivity contribution in [3.63, 3.8) is 0 Å². The summed E-state index contributed by atoms with van der Waals surface area (Å²) in [6, 6.07) is 131. The summed E-state index contributed by atoms with van der Waals surface area (Å²) in [5.41, 5.74) is 17.8. The van der Waals surface area contributed by atoms with Crippen LogP contribution in [-0.2, 0) is 21.1 Å². The van der Waals surface area contributed by atoms with Crippen molar-refractivity contribution >= 4 is 123 Å². The van der Waals surface area contributed by atoms with Crippen molar-refractivity contribution in [3.8, 4) is 68.2 Å². The molecule has 574 valence electrons. The second kappa shape index (κ2) is 34.1. The Morgan fingerprint density at radius 3 is 1.36 bits per heavy atom. The summed E-state index contributed by atoms with van der Waals surface area (Å²) < 4.78 is 29.8. The van der Waals surface area contributed by atoms with Gasteiger partial charge in [-0.05, 0) is 199 Å². The number of aryl methyl sites for hydroxylation is 7. The molecule has 20 aromatic rings. The van der Waals surface area contributed by atoms with Gasteiger partial charge in [-0.2, -0.15) is 0 Å². The fourth-order valence-electron chi connectivity index (χ4n) is 15.6. The number of hydrogen-bond donors (Lipinski definition) is 0. The van der Waals surface area contributed by atoms with Gasteiger partial charge >= 0.3 is 0 Å². The Morgan fingerprint density at radius 1 is 0.229 bits per heavy atom. The molecule has 0 bridgehead atoms. The van der Waals surface area contributed by atoms with E-state index in [0.717, 1.165) is 57.1 Å². The molecule has 0 aliphatic carbocycles. The highest BCUT2D eigenvalue weighted by molar-refractivity contribution is 8.05. The third-order valence-electron chi connectivity index (χ3n) is 21.5. The summed E-state index contributed by atoms with van der Waals surface area (Å²) in [6.07, 6.45) is 0. The largest absolute Gasteiger partial charge is 0.450 e. The maximum atomic E-state index is 5.78. The van der Waals surface area contributed by atoms with Crippen molar-refractivity contribution in [2.45, 2.75) is 66.9 Å². The zero-order valence-electron chi connectivity index (χ0n) is 66.4. The van der Waals surface area contributed by atoms with Crippen LogP contribution in [0.25, 0.3) is 98.4 Å². The highest BCUT2D eigenvalue weighted by atomic mass is 32.2. The minimum Gasteiger partial charge on any atom is -0.450 e. The molecular formula is C107H83N3O4S4. The first-order valence-electron chi connectivity index (χ1n) is 39.5. The van der Waals surface area contributed by atoms with E-state index in [1.807, 2.05) is 146 Å². The van der Waals surface area contributed by atoms with Gasteiger partial charge in [-0.25, -0.2) is 0 Å². The minimum absolute atomic E-state index is 0.772. The first-order valence-corrected chi connectivity index (χ1v) is 42.8. The Kier molecular flexibility index (Phi) is 22.0. The summed E-state index contributed by atoms with van der Waals surface area (Å²) in [4.78, 5) is 11.1. The first-order chi connectivity index (χ1) is 57.9. The van der Waals surface area contributed by atoms with E-state index in [1.165, 1.54) is 149 Å². The van der Waals surface area contributed by atoms with Crippen LogP contribution in [0.15, 0.2) is 415 Å². The zero-order chi connectivity index (χ0) is 80.2. The highest BCUT2D eigenvalue weighted by Gasteiger charge is 2.23. The van der Waals surface area contributed by atoms with Crippen LogP contribution in [0, 0.1) is 27.7 Å². The Balaban J connectivity index is 0.0000000952. The Bertz CT molecular complexity index is 6910. The van der Waals surface area contributed by atoms with E-state index in [2.05, 4.69) is 340 Å². The fourth-order valence-corrected chi connectivity index (χ4v) is 20.3. The Morgan fingerprint density at radius 2 is 0.669 bits per heavy atom. The molecule has 4 aliphatic heterocycles. The summed E-state index contributed by atoms with van der Waals surface area (Å²) in [5.74, 6) is 6.26. The van der Waals surface area contributed by atoms with Crippen LogP contribution in [0.1, 0.15) is 22.3 Å². The molecule has 7 heterocycles. The summed E-state index contributed by atoms with van der Waals surface area (Å²) in [6.45, 7) is 8.37. The molecular weight excluding hydrogens is 1520 g/mol. The lowest BCUT2D eigenvalue weighted by Gasteiger charge is -2.21. The number of aromatic nitrogens is 3. The van der Waals surface area contributed by atoms with Crippen LogP contribution in [0.4, 0.5) is 0 Å². The van der Waals surface area contributed by atoms with Crippen molar-refractivity contribution in [2.75, 3.05) is 0 Å². The number of rotatable bonds is 2. The summed E-state index contributed by atoms with van der Waals surface area (Å²) >= 11 is 7.51. The van der Waals surface area contributed by atoms with Crippen LogP contribution >= 0.6 is 47.0 Å². The van der Waals surface area contributed by atoms with Crippen molar-refractivity contribution < 1.29 is 18.9 Å². The predicted octanol–water partition coefficient (Wildman–Crippen LogP) is 31.5. The molecule has 17 aromatic carbocycles. The van der Waals surface area contributed by atoms with E-state index >= 15 is 0 Å². The van der Waals surface area contributed by atoms with Crippen LogP contribution in [0.3, 0.4) is 0 Å². The molecule has 3 aromatic heterocycles. The van der Waals surface area contributed by atoms with Crippen molar-refractivity contribution in [3.05, 3.63) is 398 Å². The van der Waals surface area contributed by atoms with Gasteiger partial charge < -0.3 is 32.6 Å². The molecule has 0 saturated heterocycles. The molecule has 11 heteroatoms. The lowest BCUT2D eigenvalue weighted by molar-refractivity contribution is 0.357. The first kappa shape index (κ1) is 76.3. The standard InChI is InChI=1S/2C19H15N.C17H13N.2C13H10O2.2C13H10S2/c1-20-17-12-6-5-10-16(17)19-15(11-7-13-18(19)20)14-8-3-2-4-9-14;1-20-18-10-6-5-9-16(18)17-13-15(11-12-19(17)20)14-7-3-2-4-8-14;1-18-16-9-5-4-8-14(16)15-11-10-12-6-2-3-7-13(12)17(15)18;1-9-5-4-8-12-13(9)15-11-7-3-2-6-10(11)14-12;1-9-6-7-12-13(8-9)15-11-5-3-2-4-10(11)14-12;1-9-5-4-8-12-13(9)15-11-7-3-2-6-10(11)14-12;1-9-6-7-12-13(8-9)15-11-5-3-2-4-10(11)14-12/h2*2-13H,1H3;2-11H,1H3;4*2-8H,1H3. The van der Waals surface area contributed by atoms with Gasteiger partial charge in [0.05, 0.1) is 5.52 Å². The van der Waals surface area contributed by atoms with Crippen LogP contribution < -0.4 is 18.9 Å². The molecule has 0 atom stereocenters. The number of fused-ring (bicyclic) bond motifs is 19. The van der Waals surface area contributed by atoms with Crippen molar-refractivity contribution in [1.82, 2.24) is 13.7 Å². The Labute approximate surface area is 705 Å². The molecule has 7 nitrogen and oxygen atoms in total. The van der Waals surface area contributed by atoms with Crippen molar-refractivity contribution in [1.29, 1.82) is 0 Å². The van der Waals surface area contributed by atoms with E-state index in [1.54, 1.807) is 0 Å². The maximum Gasteiger partial charge on any atom is 0.173 e. The van der Waals surface area contributed by atoms with Crippen LogP contribution in [-0.4, -0.2) is 13.7 Å². The lowest BCUT2D eigenvalue weighted by atomic mass is 10.00. The summed E-state index contributed by atoms with van der Waals surface area (Å²) in [5, 5.41) is 10.6. The average Bonchev–Trinajstić information content (AvgIpc) is 1.59. The molecule has 0 saturated carbocycles. The average molecular weight is 1600 g/mol. The van der Waals surface area contributed by atoms with Gasteiger partial charge in [0.15, 0.2) is 46.0 Å². The van der Waals surface area contributed by atoms with E-state index in [9.17, 15) is 0 Å². The normalized spacial score (nSPS) is 12.0. The number of nitrogens with zero attached hydrogens (tertiary/aromatic N) is 3. The second-order valence-corrected chi connectivity index (χ2v) is 33.7. The summed E-state index contributed by atoms with van der Waals surface area (Å²) in [7, 11) is 6.42. The molecule has 0 fully saturated rings. The highest BCUT2D eigenvalue weighted by Crippen LogP contribution is 2.52. The van der Waals surface area contributed by atoms with Gasteiger partial charge in [-0.15, -0.1) is 0 Å². The van der Waals surface area contributed by atoms with Crippen molar-refractivity contribution in [2.24, 2.45) is 21.1 Å². The van der Waals surface area contributed by atoms with Crippen LogP contribution in [0.5, 0.6) is 46.0 Å². The number of ether oxygens (including phenoxy) is 4. The number of hydrogen-bond acceptors (Lipinski definition) is 8. The number of benzene rings is 17. The molecule has 118 heavy (non-hydrogen) atoms. The molecule has 0 amide bonds. The van der Waals surface area contributed by atoms with Crippen LogP contribution in [0.2, 0.25) is 0 Å². The lowest BCUT2D eigenvalue weighted by Crippen LogP contribution is -1.99. The quantitative estimate of drug-likeness (QED) is 0.170. The smallest absolute Gasteiger partial charge is 0.173 e. The van der Waals surface area contributed by atoms with E-state index in [-0.39, 0.29) is 0 Å². The third kappa shape index (κ3) is 15.7. The molecule has 4 aliphatic rings. The maximum absolute atomic E-state index is 5.78. The fraction of sp³-hybridized carbons (Fsp3) is 0.0654. The molecule has 0 N–H and O–H groups in total. The van der Waals surface area contributed by atoms with Gasteiger partial charge in [0, 0.05) is 126 Å². The SMILES string of the molecule is Cc1ccc2c(c1)Oc1ccccc1O2.Cc1ccc2c(c1)Sc1ccccc1S2.Cc1cccc2c1Oc1ccccc1O2.Cc1cccc2c1Sc1ccccc1S2.Cn1c2ccccc2c2c(-c3ccccc3)cccc21.Cn1c2ccccc2c2cc(-c3ccccc3)ccc21.Cn1c2ccccc2c2ccc3ccccc3c21. The number of para-hydroxylation sites is 8. The van der Waals surface area contributed by atoms with E-state index in [4.69, 9.17) is 18.9 Å². The van der Waals surface area contributed by atoms with E-state index in [0.29, 0.717) is 0 Å².